The van der Waals surface area contributed by atoms with Crippen LogP contribution in [0.1, 0.15) is 54.8 Å². The molecule has 0 spiro atoms. The summed E-state index contributed by atoms with van der Waals surface area (Å²) in [4.78, 5) is 17.1. The number of rotatable bonds is 6. The van der Waals surface area contributed by atoms with Crippen LogP contribution in [0.4, 0.5) is 0 Å². The van der Waals surface area contributed by atoms with Gasteiger partial charge in [-0.25, -0.2) is 4.98 Å². The number of amides is 1. The summed E-state index contributed by atoms with van der Waals surface area (Å²) < 4.78 is 7.06. The van der Waals surface area contributed by atoms with E-state index in [1.807, 2.05) is 42.8 Å². The van der Waals surface area contributed by atoms with Gasteiger partial charge in [-0.1, -0.05) is 6.07 Å². The number of aliphatic hydroxyl groups excluding tert-OH is 1. The second-order valence-electron chi connectivity index (χ2n) is 6.86. The van der Waals surface area contributed by atoms with Crippen LogP contribution in [0.15, 0.2) is 36.7 Å². The van der Waals surface area contributed by atoms with E-state index in [4.69, 9.17) is 4.74 Å². The first-order valence-electron chi connectivity index (χ1n) is 8.65. The molecule has 0 bridgehead atoms. The Morgan fingerprint density at radius 2 is 2.12 bits per heavy atom. The highest BCUT2D eigenvalue weighted by atomic mass is 16.5. The molecule has 1 atom stereocenters. The molecule has 1 fully saturated rings. The Morgan fingerprint density at radius 3 is 2.68 bits per heavy atom. The van der Waals surface area contributed by atoms with Crippen molar-refractivity contribution in [2.45, 2.75) is 44.9 Å². The zero-order chi connectivity index (χ0) is 18.0. The van der Waals surface area contributed by atoms with Gasteiger partial charge >= 0.3 is 0 Å². The van der Waals surface area contributed by atoms with Gasteiger partial charge in [0.2, 0.25) is 5.88 Å². The molecular formula is C19H25N3O3. The fourth-order valence-corrected chi connectivity index (χ4v) is 3.32. The maximum Gasteiger partial charge on any atom is 0.268 e. The van der Waals surface area contributed by atoms with E-state index in [1.54, 1.807) is 19.4 Å². The van der Waals surface area contributed by atoms with Gasteiger partial charge in [0.05, 0.1) is 19.3 Å². The number of aromatic nitrogens is 2. The largest absolute Gasteiger partial charge is 0.481 e. The smallest absolute Gasteiger partial charge is 0.268 e. The number of methoxy groups -OCH3 is 1. The minimum absolute atomic E-state index is 0.110. The van der Waals surface area contributed by atoms with Gasteiger partial charge in [0.25, 0.3) is 5.91 Å². The summed E-state index contributed by atoms with van der Waals surface area (Å²) in [6.07, 6.45) is 4.73. The minimum atomic E-state index is -0.282. The number of pyridine rings is 1. The molecule has 1 saturated carbocycles. The zero-order valence-electron chi connectivity index (χ0n) is 14.8. The summed E-state index contributed by atoms with van der Waals surface area (Å²) >= 11 is 0. The van der Waals surface area contributed by atoms with Crippen molar-refractivity contribution in [2.75, 3.05) is 7.11 Å². The van der Waals surface area contributed by atoms with Crippen molar-refractivity contribution in [3.05, 3.63) is 47.9 Å². The average molecular weight is 343 g/mol. The third-order valence-electron chi connectivity index (χ3n) is 4.80. The monoisotopic (exact) mass is 343 g/mol. The summed E-state index contributed by atoms with van der Waals surface area (Å²) in [6, 6.07) is 7.45. The van der Waals surface area contributed by atoms with Crippen molar-refractivity contribution >= 4 is 5.91 Å². The second-order valence-corrected chi connectivity index (χ2v) is 6.86. The fourth-order valence-electron chi connectivity index (χ4n) is 3.32. The number of hydrogen-bond acceptors (Lipinski definition) is 4. The highest BCUT2D eigenvalue weighted by Gasteiger charge is 2.36. The van der Waals surface area contributed by atoms with Crippen molar-refractivity contribution in [1.29, 1.82) is 0 Å². The predicted molar refractivity (Wildman–Crippen MR) is 94.5 cm³/mol. The van der Waals surface area contributed by atoms with Crippen LogP contribution in [0.5, 0.6) is 5.88 Å². The maximum atomic E-state index is 12.8. The molecule has 6 nitrogen and oxygen atoms in total. The van der Waals surface area contributed by atoms with Crippen LogP contribution in [-0.2, 0) is 0 Å². The molecule has 3 rings (SSSR count). The SMILES string of the molecule is COc1ccc([C@H](NC(=O)c2cccn2C(C)C)C2CC(O)C2)cn1. The van der Waals surface area contributed by atoms with E-state index < -0.39 is 0 Å². The molecule has 2 aromatic rings. The lowest BCUT2D eigenvalue weighted by Gasteiger charge is -2.38. The number of aliphatic hydroxyl groups is 1. The summed E-state index contributed by atoms with van der Waals surface area (Å²) in [5.41, 5.74) is 1.56. The zero-order valence-corrected chi connectivity index (χ0v) is 14.8. The van der Waals surface area contributed by atoms with Crippen LogP contribution in [-0.4, -0.2) is 33.8 Å². The van der Waals surface area contributed by atoms with Gasteiger partial charge < -0.3 is 19.7 Å². The lowest BCUT2D eigenvalue weighted by Crippen LogP contribution is -2.42. The summed E-state index contributed by atoms with van der Waals surface area (Å²) in [7, 11) is 1.57. The number of carbonyl (C=O) groups is 1. The van der Waals surface area contributed by atoms with E-state index in [1.165, 1.54) is 0 Å². The Hall–Kier alpha value is -2.34. The second kappa shape index (κ2) is 7.27. The van der Waals surface area contributed by atoms with Crippen LogP contribution in [0.3, 0.4) is 0 Å². The number of hydrogen-bond donors (Lipinski definition) is 2. The number of carbonyl (C=O) groups excluding carboxylic acids is 1. The van der Waals surface area contributed by atoms with Crippen LogP contribution >= 0.6 is 0 Å². The average Bonchev–Trinajstić information content (AvgIpc) is 3.07. The summed E-state index contributed by atoms with van der Waals surface area (Å²) in [5.74, 6) is 0.633. The normalized spacial score (nSPS) is 20.8. The Labute approximate surface area is 147 Å². The van der Waals surface area contributed by atoms with Gasteiger partial charge in [0, 0.05) is 24.5 Å². The molecule has 0 unspecified atom stereocenters. The van der Waals surface area contributed by atoms with Crippen LogP contribution < -0.4 is 10.1 Å². The molecule has 0 radical (unpaired) electrons. The van der Waals surface area contributed by atoms with E-state index in [0.717, 1.165) is 5.56 Å². The molecule has 1 amide bonds. The third kappa shape index (κ3) is 3.69. The van der Waals surface area contributed by atoms with Crippen LogP contribution in [0.2, 0.25) is 0 Å². The lowest BCUT2D eigenvalue weighted by atomic mass is 9.75. The van der Waals surface area contributed by atoms with Gasteiger partial charge in [0.15, 0.2) is 0 Å². The van der Waals surface area contributed by atoms with Crippen LogP contribution in [0.25, 0.3) is 0 Å². The molecule has 134 valence electrons. The van der Waals surface area contributed by atoms with E-state index in [9.17, 15) is 9.90 Å². The first kappa shape index (κ1) is 17.5. The molecule has 1 aliphatic carbocycles. The summed E-state index contributed by atoms with van der Waals surface area (Å²) in [5, 5.41) is 12.8. The number of ether oxygens (including phenoxy) is 1. The first-order valence-corrected chi connectivity index (χ1v) is 8.65. The Balaban J connectivity index is 1.82. The minimum Gasteiger partial charge on any atom is -0.481 e. The number of nitrogens with zero attached hydrogens (tertiary/aromatic N) is 2. The molecule has 6 heteroatoms. The molecule has 25 heavy (non-hydrogen) atoms. The van der Waals surface area contributed by atoms with Crippen molar-refractivity contribution in [2.24, 2.45) is 5.92 Å². The predicted octanol–water partition coefficient (Wildman–Crippen LogP) is 2.71. The molecule has 1 aliphatic rings. The molecule has 0 aromatic carbocycles. The quantitative estimate of drug-likeness (QED) is 0.845. The topological polar surface area (TPSA) is 76.4 Å². The molecule has 0 aliphatic heterocycles. The van der Waals surface area contributed by atoms with Gasteiger partial charge in [-0.2, -0.15) is 0 Å². The third-order valence-corrected chi connectivity index (χ3v) is 4.80. The molecule has 2 aromatic heterocycles. The van der Waals surface area contributed by atoms with Crippen molar-refractivity contribution < 1.29 is 14.6 Å². The number of nitrogens with one attached hydrogen (secondary N) is 1. The highest BCUT2D eigenvalue weighted by Crippen LogP contribution is 2.38. The van der Waals surface area contributed by atoms with Crippen molar-refractivity contribution in [1.82, 2.24) is 14.9 Å². The molecular weight excluding hydrogens is 318 g/mol. The first-order chi connectivity index (χ1) is 12.0. The van der Waals surface area contributed by atoms with Gasteiger partial charge in [-0.3, -0.25) is 4.79 Å². The molecule has 2 N–H and O–H groups in total. The van der Waals surface area contributed by atoms with E-state index in [-0.39, 0.29) is 30.0 Å². The summed E-state index contributed by atoms with van der Waals surface area (Å²) in [6.45, 7) is 4.09. The maximum absolute atomic E-state index is 12.8. The lowest BCUT2D eigenvalue weighted by molar-refractivity contribution is 0.0233. The van der Waals surface area contributed by atoms with E-state index in [0.29, 0.717) is 24.4 Å². The Kier molecular flexibility index (Phi) is 5.08. The standard InChI is InChI=1S/C19H25N3O3/c1-12(2)22-8-4-5-16(22)19(24)21-18(14-9-15(23)10-14)13-6-7-17(25-3)20-11-13/h4-8,11-12,14-15,18,23H,9-10H2,1-3H3,(H,21,24)/t14?,15?,18-/m0/s1. The Bertz CT molecular complexity index is 718. The molecule has 0 saturated heterocycles. The fraction of sp³-hybridized carbons (Fsp3) is 0.474. The van der Waals surface area contributed by atoms with Gasteiger partial charge in [0.1, 0.15) is 5.69 Å². The van der Waals surface area contributed by atoms with Crippen molar-refractivity contribution in [3.63, 3.8) is 0 Å². The van der Waals surface area contributed by atoms with E-state index >= 15 is 0 Å². The van der Waals surface area contributed by atoms with E-state index in [2.05, 4.69) is 10.3 Å². The van der Waals surface area contributed by atoms with Crippen molar-refractivity contribution in [3.8, 4) is 5.88 Å². The Morgan fingerprint density at radius 1 is 1.36 bits per heavy atom. The highest BCUT2D eigenvalue weighted by molar-refractivity contribution is 5.93. The van der Waals surface area contributed by atoms with Gasteiger partial charge in [-0.05, 0) is 50.3 Å². The van der Waals surface area contributed by atoms with Gasteiger partial charge in [-0.15, -0.1) is 0 Å². The molecule has 2 heterocycles. The van der Waals surface area contributed by atoms with Crippen LogP contribution in [0, 0.1) is 5.92 Å².